The Bertz CT molecular complexity index is 142. The van der Waals surface area contributed by atoms with E-state index >= 15 is 0 Å². The number of ether oxygens (including phenoxy) is 1. The van der Waals surface area contributed by atoms with Crippen LogP contribution in [0.2, 0.25) is 0 Å². The van der Waals surface area contributed by atoms with Gasteiger partial charge in [-0.15, -0.1) is 0 Å². The maximum Gasteiger partial charge on any atom is 0.137 e. The van der Waals surface area contributed by atoms with Crippen LogP contribution in [0.15, 0.2) is 0 Å². The Kier molecular flexibility index (Phi) is 3.06. The lowest BCUT2D eigenvalue weighted by molar-refractivity contribution is -0.114. The summed E-state index contributed by atoms with van der Waals surface area (Å²) in [7, 11) is 1.62. The minimum absolute atomic E-state index is 0.0991. The van der Waals surface area contributed by atoms with Crippen LogP contribution in [0.5, 0.6) is 0 Å². The first-order valence-electron chi connectivity index (χ1n) is 3.50. The van der Waals surface area contributed by atoms with Gasteiger partial charge in [-0.25, -0.2) is 0 Å². The predicted molar refractivity (Wildman–Crippen MR) is 41.9 cm³/mol. The van der Waals surface area contributed by atoms with Crippen molar-refractivity contribution >= 4 is 5.78 Å². The molecule has 59 valence electrons. The summed E-state index contributed by atoms with van der Waals surface area (Å²) in [5.74, 6) is 1.84. The molecule has 2 nitrogen and oxygen atoms in total. The lowest BCUT2D eigenvalue weighted by Crippen LogP contribution is -2.16. The first kappa shape index (κ1) is 8.72. The highest BCUT2D eigenvalue weighted by atomic mass is 16.5. The number of ketones is 1. The Labute approximate surface area is 67.9 Å². The molecule has 0 saturated heterocycles. The van der Waals surface area contributed by atoms with Gasteiger partial charge in [0, 0.05) is 13.0 Å². The van der Waals surface area contributed by atoms with Crippen LogP contribution >= 0.6 is 0 Å². The highest BCUT2D eigenvalue weighted by molar-refractivity contribution is 5.97. The Balaban J connectivity index is 2.44. The average Bonchev–Trinajstić information content (AvgIpc) is 2.36. The van der Waals surface area contributed by atoms with E-state index in [4.69, 9.17) is 4.74 Å². The molecule has 1 aliphatic carbocycles. The molecule has 2 heteroatoms. The van der Waals surface area contributed by atoms with Crippen molar-refractivity contribution in [3.05, 3.63) is 31.1 Å². The predicted octanol–water partition coefficient (Wildman–Crippen LogP) is 0.997. The van der Waals surface area contributed by atoms with Gasteiger partial charge in [-0.3, -0.25) is 4.79 Å². The van der Waals surface area contributed by atoms with Crippen LogP contribution in [0, 0.1) is 31.1 Å². The van der Waals surface area contributed by atoms with Gasteiger partial charge in [-0.05, 0) is 26.2 Å². The third kappa shape index (κ3) is 2.03. The summed E-state index contributed by atoms with van der Waals surface area (Å²) in [5.41, 5.74) is 0. The number of hydrogen-bond acceptors (Lipinski definition) is 2. The van der Waals surface area contributed by atoms with Crippen molar-refractivity contribution in [2.24, 2.45) is 0 Å². The Hall–Kier alpha value is -0.370. The lowest BCUT2D eigenvalue weighted by atomic mass is 9.93. The van der Waals surface area contributed by atoms with Crippen molar-refractivity contribution in [2.45, 2.75) is 6.92 Å². The molecule has 5 radical (unpaired) electrons. The Morgan fingerprint density at radius 3 is 2.82 bits per heavy atom. The van der Waals surface area contributed by atoms with Gasteiger partial charge in [-0.2, -0.15) is 0 Å². The highest BCUT2D eigenvalue weighted by Crippen LogP contribution is 2.33. The van der Waals surface area contributed by atoms with E-state index in [9.17, 15) is 4.79 Å². The van der Waals surface area contributed by atoms with Gasteiger partial charge in [0.25, 0.3) is 0 Å². The second-order valence-electron chi connectivity index (χ2n) is 2.45. The minimum atomic E-state index is 0.0991. The highest BCUT2D eigenvalue weighted by Gasteiger charge is 2.32. The standard InChI is InChI=1S/C9H11O2/c1-7(10)9-5-3-4-8(9)6-11-2/h3-5H,6H2,1-2H3. The molecular formula is C9H11O2. The van der Waals surface area contributed by atoms with Crippen molar-refractivity contribution in [1.29, 1.82) is 0 Å². The molecule has 0 atom stereocenters. The van der Waals surface area contributed by atoms with Gasteiger partial charge in [0.2, 0.25) is 0 Å². The first-order chi connectivity index (χ1) is 5.25. The third-order valence-electron chi connectivity index (χ3n) is 1.59. The van der Waals surface area contributed by atoms with Crippen LogP contribution < -0.4 is 0 Å². The van der Waals surface area contributed by atoms with E-state index in [2.05, 4.69) is 0 Å². The average molecular weight is 151 g/mol. The maximum absolute atomic E-state index is 10.9. The van der Waals surface area contributed by atoms with Crippen molar-refractivity contribution in [3.63, 3.8) is 0 Å². The molecule has 0 aromatic heterocycles. The molecule has 0 unspecified atom stereocenters. The summed E-state index contributed by atoms with van der Waals surface area (Å²) >= 11 is 0. The summed E-state index contributed by atoms with van der Waals surface area (Å²) in [6.45, 7) is 2.08. The lowest BCUT2D eigenvalue weighted by Gasteiger charge is -2.13. The molecule has 0 amide bonds. The van der Waals surface area contributed by atoms with Crippen LogP contribution in [-0.4, -0.2) is 19.5 Å². The summed E-state index contributed by atoms with van der Waals surface area (Å²) < 4.78 is 4.92. The molecule has 0 spiro atoms. The van der Waals surface area contributed by atoms with E-state index in [1.807, 2.05) is 19.3 Å². The molecule has 1 saturated carbocycles. The first-order valence-corrected chi connectivity index (χ1v) is 3.50. The molecule has 11 heavy (non-hydrogen) atoms. The SMILES string of the molecule is COC[C]1[CH][CH][CH][C]1C(C)=O. The monoisotopic (exact) mass is 151 g/mol. The van der Waals surface area contributed by atoms with Gasteiger partial charge in [0.05, 0.1) is 12.5 Å². The summed E-state index contributed by atoms with van der Waals surface area (Å²) in [6.07, 6.45) is 5.59. The van der Waals surface area contributed by atoms with E-state index in [0.717, 1.165) is 11.8 Å². The van der Waals surface area contributed by atoms with Crippen molar-refractivity contribution in [2.75, 3.05) is 13.7 Å². The summed E-state index contributed by atoms with van der Waals surface area (Å²) in [4.78, 5) is 10.9. The molecule has 0 aromatic rings. The van der Waals surface area contributed by atoms with Crippen LogP contribution in [-0.2, 0) is 9.53 Å². The second kappa shape index (κ2) is 3.86. The quantitative estimate of drug-likeness (QED) is 0.601. The van der Waals surface area contributed by atoms with Crippen molar-refractivity contribution in [3.8, 4) is 0 Å². The summed E-state index contributed by atoms with van der Waals surface area (Å²) in [5, 5.41) is 0. The maximum atomic E-state index is 10.9. The third-order valence-corrected chi connectivity index (χ3v) is 1.59. The van der Waals surface area contributed by atoms with Gasteiger partial charge in [0.15, 0.2) is 0 Å². The Morgan fingerprint density at radius 1 is 1.55 bits per heavy atom. The molecule has 0 heterocycles. The number of rotatable bonds is 3. The zero-order chi connectivity index (χ0) is 8.27. The number of Topliss-reactive ketones (excluding diaryl/α,β-unsaturated/α-hetero) is 1. The smallest absolute Gasteiger partial charge is 0.137 e. The second-order valence-corrected chi connectivity index (χ2v) is 2.45. The molecule has 1 aliphatic rings. The van der Waals surface area contributed by atoms with Gasteiger partial charge >= 0.3 is 0 Å². The molecular weight excluding hydrogens is 140 g/mol. The van der Waals surface area contributed by atoms with Crippen molar-refractivity contribution < 1.29 is 9.53 Å². The molecule has 0 N–H and O–H groups in total. The van der Waals surface area contributed by atoms with Crippen LogP contribution in [0.25, 0.3) is 0 Å². The zero-order valence-corrected chi connectivity index (χ0v) is 6.76. The molecule has 0 aromatic carbocycles. The van der Waals surface area contributed by atoms with Gasteiger partial charge in [-0.1, -0.05) is 0 Å². The van der Waals surface area contributed by atoms with Crippen LogP contribution in [0.4, 0.5) is 0 Å². The fourth-order valence-corrected chi connectivity index (χ4v) is 1.08. The normalized spacial score (nSPS) is 20.9. The topological polar surface area (TPSA) is 26.3 Å². The van der Waals surface area contributed by atoms with Gasteiger partial charge in [0.1, 0.15) is 5.78 Å². The molecule has 1 rings (SSSR count). The van der Waals surface area contributed by atoms with E-state index < -0.39 is 0 Å². The largest absolute Gasteiger partial charge is 0.384 e. The molecule has 1 fully saturated rings. The summed E-state index contributed by atoms with van der Waals surface area (Å²) in [6, 6.07) is 0. The molecule has 0 bridgehead atoms. The van der Waals surface area contributed by atoms with E-state index in [1.54, 1.807) is 14.0 Å². The zero-order valence-electron chi connectivity index (χ0n) is 6.76. The van der Waals surface area contributed by atoms with E-state index in [0.29, 0.717) is 6.61 Å². The number of hydrogen-bond donors (Lipinski definition) is 0. The fourth-order valence-electron chi connectivity index (χ4n) is 1.08. The van der Waals surface area contributed by atoms with Crippen molar-refractivity contribution in [1.82, 2.24) is 0 Å². The van der Waals surface area contributed by atoms with E-state index in [1.165, 1.54) is 0 Å². The number of carbonyl (C=O) groups is 1. The van der Waals surface area contributed by atoms with Crippen LogP contribution in [0.3, 0.4) is 0 Å². The molecule has 0 aliphatic heterocycles. The van der Waals surface area contributed by atoms with E-state index in [-0.39, 0.29) is 5.78 Å². The Morgan fingerprint density at radius 2 is 2.27 bits per heavy atom. The number of methoxy groups -OCH3 is 1. The number of carbonyl (C=O) groups excluding carboxylic acids is 1. The minimum Gasteiger partial charge on any atom is -0.384 e. The fraction of sp³-hybridized carbons (Fsp3) is 0.333. The van der Waals surface area contributed by atoms with Crippen LogP contribution in [0.1, 0.15) is 6.92 Å². The van der Waals surface area contributed by atoms with Gasteiger partial charge < -0.3 is 4.74 Å².